The van der Waals surface area contributed by atoms with E-state index in [4.69, 9.17) is 9.47 Å². The third-order valence-corrected chi connectivity index (χ3v) is 3.02. The van der Waals surface area contributed by atoms with Crippen LogP contribution in [-0.2, 0) is 11.3 Å². The molecule has 1 aromatic heterocycles. The van der Waals surface area contributed by atoms with Gasteiger partial charge in [0.05, 0.1) is 7.11 Å². The Hall–Kier alpha value is -2.08. The van der Waals surface area contributed by atoms with Gasteiger partial charge >= 0.3 is 0 Å². The van der Waals surface area contributed by atoms with E-state index in [1.807, 2.05) is 17.7 Å². The normalized spacial score (nSPS) is 10.6. The minimum absolute atomic E-state index is 0.223. The molecule has 1 N–H and O–H groups in total. The average molecular weight is 293 g/mol. The van der Waals surface area contributed by atoms with Gasteiger partial charge in [0, 0.05) is 43.9 Å². The first-order valence-electron chi connectivity index (χ1n) is 6.94. The number of hydrogen-bond donors (Lipinski definition) is 1. The Kier molecular flexibility index (Phi) is 5.57. The molecule has 0 unspecified atom stereocenters. The number of methoxy groups -OCH3 is 1. The minimum atomic E-state index is -0.406. The molecule has 2 rings (SSSR count). The molecule has 2 aromatic rings. The monoisotopic (exact) mass is 293 g/mol. The zero-order valence-corrected chi connectivity index (χ0v) is 12.3. The van der Waals surface area contributed by atoms with Gasteiger partial charge in [-0.15, -0.1) is 0 Å². The molecular weight excluding hydrogens is 273 g/mol. The van der Waals surface area contributed by atoms with Crippen molar-refractivity contribution >= 4 is 11.6 Å². The predicted molar refractivity (Wildman–Crippen MR) is 79.6 cm³/mol. The largest absolute Gasteiger partial charge is 0.494 e. The van der Waals surface area contributed by atoms with Crippen molar-refractivity contribution in [3.63, 3.8) is 0 Å². The Balaban J connectivity index is 1.99. The second-order valence-electron chi connectivity index (χ2n) is 4.47. The summed E-state index contributed by atoms with van der Waals surface area (Å²) >= 11 is 0. The molecule has 0 amide bonds. The lowest BCUT2D eigenvalue weighted by atomic mass is 10.3. The number of aromatic nitrogens is 2. The molecular formula is C15H20FN3O2. The molecule has 0 saturated carbocycles. The molecule has 0 aliphatic carbocycles. The lowest BCUT2D eigenvalue weighted by Crippen LogP contribution is -2.06. The summed E-state index contributed by atoms with van der Waals surface area (Å²) in [6, 6.07) is 4.72. The Morgan fingerprint density at radius 2 is 2.24 bits per heavy atom. The molecule has 0 atom stereocenters. The van der Waals surface area contributed by atoms with Crippen LogP contribution in [0.4, 0.5) is 16.0 Å². The zero-order valence-electron chi connectivity index (χ0n) is 12.3. The summed E-state index contributed by atoms with van der Waals surface area (Å²) in [5, 5.41) is 3.10. The van der Waals surface area contributed by atoms with E-state index in [-0.39, 0.29) is 5.75 Å². The second kappa shape index (κ2) is 7.64. The standard InChI is InChI=1S/C15H20FN3O2/c1-3-21-10-4-8-19-9-7-17-15(19)18-12-5-6-14(20-2)13(16)11-12/h5-7,9,11H,3-4,8,10H2,1-2H3,(H,17,18). The van der Waals surface area contributed by atoms with Gasteiger partial charge in [-0.3, -0.25) is 0 Å². The lowest BCUT2D eigenvalue weighted by molar-refractivity contribution is 0.142. The number of imidazole rings is 1. The SMILES string of the molecule is CCOCCCn1ccnc1Nc1ccc(OC)c(F)c1. The smallest absolute Gasteiger partial charge is 0.207 e. The van der Waals surface area contributed by atoms with Crippen LogP contribution < -0.4 is 10.1 Å². The number of rotatable bonds is 8. The highest BCUT2D eigenvalue weighted by Gasteiger charge is 2.06. The number of nitrogens with zero attached hydrogens (tertiary/aromatic N) is 2. The Morgan fingerprint density at radius 1 is 1.38 bits per heavy atom. The van der Waals surface area contributed by atoms with Crippen LogP contribution in [-0.4, -0.2) is 29.9 Å². The second-order valence-corrected chi connectivity index (χ2v) is 4.47. The van der Waals surface area contributed by atoms with Crippen LogP contribution >= 0.6 is 0 Å². The molecule has 0 radical (unpaired) electrons. The Bertz CT molecular complexity index is 572. The van der Waals surface area contributed by atoms with E-state index in [0.29, 0.717) is 18.2 Å². The summed E-state index contributed by atoms with van der Waals surface area (Å²) in [7, 11) is 1.44. The fraction of sp³-hybridized carbons (Fsp3) is 0.400. The number of halogens is 1. The van der Waals surface area contributed by atoms with Crippen LogP contribution in [0.25, 0.3) is 0 Å². The number of aryl methyl sites for hydroxylation is 1. The maximum Gasteiger partial charge on any atom is 0.207 e. The predicted octanol–water partition coefficient (Wildman–Crippen LogP) is 3.20. The van der Waals surface area contributed by atoms with Gasteiger partial charge in [0.15, 0.2) is 11.6 Å². The minimum Gasteiger partial charge on any atom is -0.494 e. The highest BCUT2D eigenvalue weighted by atomic mass is 19.1. The van der Waals surface area contributed by atoms with Gasteiger partial charge in [0.2, 0.25) is 5.95 Å². The fourth-order valence-corrected chi connectivity index (χ4v) is 1.97. The van der Waals surface area contributed by atoms with Crippen molar-refractivity contribution in [3.8, 4) is 5.75 Å². The summed E-state index contributed by atoms with van der Waals surface area (Å²) in [6.07, 6.45) is 4.49. The molecule has 1 heterocycles. The van der Waals surface area contributed by atoms with Gasteiger partial charge in [-0.05, 0) is 25.5 Å². The van der Waals surface area contributed by atoms with Crippen LogP contribution in [0, 0.1) is 5.82 Å². The van der Waals surface area contributed by atoms with Crippen LogP contribution in [0.3, 0.4) is 0 Å². The van der Waals surface area contributed by atoms with Gasteiger partial charge < -0.3 is 19.4 Å². The van der Waals surface area contributed by atoms with Gasteiger partial charge in [-0.25, -0.2) is 9.37 Å². The molecule has 0 fully saturated rings. The average Bonchev–Trinajstić information content (AvgIpc) is 2.91. The molecule has 0 aliphatic heterocycles. The molecule has 0 aliphatic rings. The van der Waals surface area contributed by atoms with E-state index in [9.17, 15) is 4.39 Å². The third-order valence-electron chi connectivity index (χ3n) is 3.02. The summed E-state index contributed by atoms with van der Waals surface area (Å²) in [6.45, 7) is 4.20. The summed E-state index contributed by atoms with van der Waals surface area (Å²) < 4.78 is 25.8. The van der Waals surface area contributed by atoms with Crippen molar-refractivity contribution in [2.45, 2.75) is 19.9 Å². The third kappa shape index (κ3) is 4.19. The molecule has 21 heavy (non-hydrogen) atoms. The summed E-state index contributed by atoms with van der Waals surface area (Å²) in [4.78, 5) is 4.24. The van der Waals surface area contributed by atoms with Crippen LogP contribution in [0.1, 0.15) is 13.3 Å². The van der Waals surface area contributed by atoms with Crippen molar-refractivity contribution < 1.29 is 13.9 Å². The van der Waals surface area contributed by atoms with E-state index in [2.05, 4.69) is 10.3 Å². The van der Waals surface area contributed by atoms with Crippen molar-refractivity contribution in [2.75, 3.05) is 25.6 Å². The molecule has 0 saturated heterocycles. The summed E-state index contributed by atoms with van der Waals surface area (Å²) in [5.74, 6) is 0.494. The van der Waals surface area contributed by atoms with Crippen molar-refractivity contribution in [1.82, 2.24) is 9.55 Å². The maximum atomic E-state index is 13.7. The Morgan fingerprint density at radius 3 is 2.95 bits per heavy atom. The molecule has 0 spiro atoms. The first kappa shape index (κ1) is 15.3. The van der Waals surface area contributed by atoms with Crippen molar-refractivity contribution in [2.24, 2.45) is 0 Å². The van der Waals surface area contributed by atoms with Gasteiger partial charge in [0.25, 0.3) is 0 Å². The molecule has 6 heteroatoms. The molecule has 0 bridgehead atoms. The van der Waals surface area contributed by atoms with E-state index < -0.39 is 5.82 Å². The number of ether oxygens (including phenoxy) is 2. The highest BCUT2D eigenvalue weighted by molar-refractivity contribution is 5.55. The van der Waals surface area contributed by atoms with Crippen LogP contribution in [0.15, 0.2) is 30.6 Å². The van der Waals surface area contributed by atoms with Crippen LogP contribution in [0.2, 0.25) is 0 Å². The number of anilines is 2. The van der Waals surface area contributed by atoms with Gasteiger partial charge in [-0.1, -0.05) is 0 Å². The molecule has 5 nitrogen and oxygen atoms in total. The van der Waals surface area contributed by atoms with E-state index in [1.165, 1.54) is 13.2 Å². The number of hydrogen-bond acceptors (Lipinski definition) is 4. The van der Waals surface area contributed by atoms with Gasteiger partial charge in [-0.2, -0.15) is 0 Å². The van der Waals surface area contributed by atoms with E-state index in [0.717, 1.165) is 19.6 Å². The van der Waals surface area contributed by atoms with Crippen molar-refractivity contribution in [3.05, 3.63) is 36.4 Å². The number of benzene rings is 1. The fourth-order valence-electron chi connectivity index (χ4n) is 1.97. The maximum absolute atomic E-state index is 13.7. The molecule has 114 valence electrons. The summed E-state index contributed by atoms with van der Waals surface area (Å²) in [5.41, 5.74) is 0.630. The molecule has 1 aromatic carbocycles. The zero-order chi connectivity index (χ0) is 15.1. The van der Waals surface area contributed by atoms with Crippen LogP contribution in [0.5, 0.6) is 5.75 Å². The van der Waals surface area contributed by atoms with E-state index >= 15 is 0 Å². The van der Waals surface area contributed by atoms with Crippen molar-refractivity contribution in [1.29, 1.82) is 0 Å². The lowest BCUT2D eigenvalue weighted by Gasteiger charge is -2.11. The highest BCUT2D eigenvalue weighted by Crippen LogP contribution is 2.23. The first-order valence-corrected chi connectivity index (χ1v) is 6.94. The number of nitrogens with one attached hydrogen (secondary N) is 1. The first-order chi connectivity index (χ1) is 10.2. The van der Waals surface area contributed by atoms with E-state index in [1.54, 1.807) is 18.3 Å². The Labute approximate surface area is 123 Å². The topological polar surface area (TPSA) is 48.3 Å². The van der Waals surface area contributed by atoms with Gasteiger partial charge in [0.1, 0.15) is 0 Å². The quantitative estimate of drug-likeness (QED) is 0.759.